The molecule has 0 aliphatic rings. The molecule has 4 aromatic rings. The molecule has 0 spiro atoms. The van der Waals surface area contributed by atoms with Gasteiger partial charge in [-0.15, -0.1) is 22.7 Å². The molecule has 0 fully saturated rings. The van der Waals surface area contributed by atoms with Crippen LogP contribution in [0.4, 0.5) is 13.9 Å². The number of nitrogens with one attached hydrogen (secondary N) is 1. The summed E-state index contributed by atoms with van der Waals surface area (Å²) in [6.45, 7) is 1.70. The third-order valence-corrected chi connectivity index (χ3v) is 7.04. The van der Waals surface area contributed by atoms with Crippen LogP contribution in [0.25, 0.3) is 21.5 Å². The molecule has 1 atom stereocenters. The number of carbonyl (C=O) groups excluding carboxylic acids is 1. The van der Waals surface area contributed by atoms with Gasteiger partial charge in [0.15, 0.2) is 21.9 Å². The first-order valence-corrected chi connectivity index (χ1v) is 11.3. The molecule has 0 bridgehead atoms. The molecule has 1 N–H and O–H groups in total. The van der Waals surface area contributed by atoms with E-state index in [2.05, 4.69) is 15.3 Å². The molecule has 30 heavy (non-hydrogen) atoms. The topological polar surface area (TPSA) is 76.9 Å². The van der Waals surface area contributed by atoms with Crippen molar-refractivity contribution in [1.29, 1.82) is 0 Å². The molecular weight excluding hydrogens is 450 g/mol. The van der Waals surface area contributed by atoms with Gasteiger partial charge in [-0.1, -0.05) is 11.8 Å². The second kappa shape index (κ2) is 8.25. The summed E-state index contributed by atoms with van der Waals surface area (Å²) in [6, 6.07) is 5.28. The van der Waals surface area contributed by atoms with Crippen LogP contribution in [0.2, 0.25) is 0 Å². The van der Waals surface area contributed by atoms with Crippen molar-refractivity contribution in [3.63, 3.8) is 0 Å². The van der Waals surface area contributed by atoms with E-state index in [1.54, 1.807) is 30.8 Å². The first kappa shape index (κ1) is 20.6. The zero-order valence-electron chi connectivity index (χ0n) is 15.7. The third-order valence-electron chi connectivity index (χ3n) is 4.25. The average molecular weight is 465 g/mol. The molecule has 4 rings (SSSR count). The second-order valence-corrected chi connectivity index (χ2v) is 9.39. The fourth-order valence-electron chi connectivity index (χ4n) is 2.61. The number of carbonyl (C=O) groups is 1. The summed E-state index contributed by atoms with van der Waals surface area (Å²) in [5.41, 5.74) is 1.30. The van der Waals surface area contributed by atoms with E-state index in [1.165, 1.54) is 45.1 Å². The van der Waals surface area contributed by atoms with E-state index in [9.17, 15) is 18.4 Å². The number of thiophene rings is 1. The first-order valence-electron chi connectivity index (χ1n) is 8.66. The van der Waals surface area contributed by atoms with Crippen LogP contribution in [0.5, 0.6) is 0 Å². The lowest BCUT2D eigenvalue weighted by atomic mass is 10.2. The van der Waals surface area contributed by atoms with Gasteiger partial charge >= 0.3 is 0 Å². The van der Waals surface area contributed by atoms with Crippen LogP contribution in [0, 0.1) is 11.6 Å². The summed E-state index contributed by atoms with van der Waals surface area (Å²) in [7, 11) is 1.62. The number of benzene rings is 1. The Bertz CT molecular complexity index is 1310. The van der Waals surface area contributed by atoms with E-state index in [1.807, 2.05) is 0 Å². The van der Waals surface area contributed by atoms with Gasteiger partial charge in [0.1, 0.15) is 4.70 Å². The summed E-state index contributed by atoms with van der Waals surface area (Å²) >= 11 is 3.67. The second-order valence-electron chi connectivity index (χ2n) is 6.31. The quantitative estimate of drug-likeness (QED) is 0.347. The molecule has 1 amide bonds. The fraction of sp³-hybridized carbons (Fsp3) is 0.158. The van der Waals surface area contributed by atoms with Crippen molar-refractivity contribution in [1.82, 2.24) is 14.5 Å². The standard InChI is InChI=1S/C19H14F2N4O2S3/c1-9(30-19-23-13-5-6-28-15(13)17(27)25(19)2)16(26)24-18-22-14(8-29-18)10-3-4-11(20)12(21)7-10/h3-9H,1-2H3,(H,22,24,26). The van der Waals surface area contributed by atoms with Crippen LogP contribution < -0.4 is 10.9 Å². The smallest absolute Gasteiger partial charge is 0.271 e. The van der Waals surface area contributed by atoms with Gasteiger partial charge in [-0.25, -0.2) is 18.7 Å². The van der Waals surface area contributed by atoms with Crippen LogP contribution >= 0.6 is 34.4 Å². The molecule has 1 aromatic carbocycles. The highest BCUT2D eigenvalue weighted by atomic mass is 32.2. The molecule has 0 aliphatic heterocycles. The van der Waals surface area contributed by atoms with Gasteiger partial charge in [-0.05, 0) is 36.6 Å². The SMILES string of the molecule is CC(Sc1nc2ccsc2c(=O)n1C)C(=O)Nc1nc(-c2ccc(F)c(F)c2)cs1. The van der Waals surface area contributed by atoms with Gasteiger partial charge in [0.05, 0.1) is 16.5 Å². The fourth-order valence-corrected chi connectivity index (χ4v) is 5.01. The van der Waals surface area contributed by atoms with E-state index >= 15 is 0 Å². The molecule has 3 heterocycles. The lowest BCUT2D eigenvalue weighted by Crippen LogP contribution is -2.25. The van der Waals surface area contributed by atoms with Crippen molar-refractivity contribution >= 4 is 55.7 Å². The number of anilines is 1. The number of halogens is 2. The van der Waals surface area contributed by atoms with Crippen LogP contribution in [0.15, 0.2) is 45.0 Å². The van der Waals surface area contributed by atoms with Crippen LogP contribution in [-0.2, 0) is 11.8 Å². The summed E-state index contributed by atoms with van der Waals surface area (Å²) in [4.78, 5) is 33.7. The van der Waals surface area contributed by atoms with E-state index < -0.39 is 16.9 Å². The van der Waals surface area contributed by atoms with Crippen molar-refractivity contribution in [2.45, 2.75) is 17.3 Å². The summed E-state index contributed by atoms with van der Waals surface area (Å²) in [5, 5.41) is 6.39. The molecule has 154 valence electrons. The Balaban J connectivity index is 1.48. The van der Waals surface area contributed by atoms with Gasteiger partial charge in [-0.2, -0.15) is 0 Å². The highest BCUT2D eigenvalue weighted by molar-refractivity contribution is 8.00. The van der Waals surface area contributed by atoms with Gasteiger partial charge in [0, 0.05) is 18.0 Å². The van der Waals surface area contributed by atoms with Gasteiger partial charge < -0.3 is 5.32 Å². The number of amides is 1. The predicted molar refractivity (Wildman–Crippen MR) is 116 cm³/mol. The number of hydrogen-bond acceptors (Lipinski definition) is 7. The number of fused-ring (bicyclic) bond motifs is 1. The van der Waals surface area contributed by atoms with Crippen molar-refractivity contribution < 1.29 is 13.6 Å². The molecular formula is C19H14F2N4O2S3. The van der Waals surface area contributed by atoms with Gasteiger partial charge in [-0.3, -0.25) is 14.2 Å². The third kappa shape index (κ3) is 4.00. The summed E-state index contributed by atoms with van der Waals surface area (Å²) in [5.74, 6) is -2.21. The normalized spacial score (nSPS) is 12.3. The maximum absolute atomic E-state index is 13.4. The summed E-state index contributed by atoms with van der Waals surface area (Å²) < 4.78 is 28.5. The number of thioether (sulfide) groups is 1. The lowest BCUT2D eigenvalue weighted by molar-refractivity contribution is -0.115. The van der Waals surface area contributed by atoms with Crippen molar-refractivity contribution in [3.8, 4) is 11.3 Å². The number of nitrogens with zero attached hydrogens (tertiary/aromatic N) is 3. The molecule has 0 aliphatic carbocycles. The molecule has 0 saturated heterocycles. The Labute approximate surface area is 181 Å². The van der Waals surface area contributed by atoms with Crippen molar-refractivity contribution in [2.75, 3.05) is 5.32 Å². The van der Waals surface area contributed by atoms with Crippen LogP contribution in [-0.4, -0.2) is 25.7 Å². The number of aromatic nitrogens is 3. The molecule has 3 aromatic heterocycles. The molecule has 1 unspecified atom stereocenters. The van der Waals surface area contributed by atoms with E-state index in [-0.39, 0.29) is 11.5 Å². The van der Waals surface area contributed by atoms with Crippen LogP contribution in [0.1, 0.15) is 6.92 Å². The van der Waals surface area contributed by atoms with Gasteiger partial charge in [0.2, 0.25) is 5.91 Å². The Morgan fingerprint density at radius 1 is 1.20 bits per heavy atom. The highest BCUT2D eigenvalue weighted by Crippen LogP contribution is 2.28. The average Bonchev–Trinajstić information content (AvgIpc) is 3.37. The Hall–Kier alpha value is -2.63. The number of hydrogen-bond donors (Lipinski definition) is 1. The maximum atomic E-state index is 13.4. The number of rotatable bonds is 5. The van der Waals surface area contributed by atoms with E-state index in [4.69, 9.17) is 0 Å². The first-order chi connectivity index (χ1) is 14.3. The zero-order chi connectivity index (χ0) is 21.4. The zero-order valence-corrected chi connectivity index (χ0v) is 18.1. The minimum Gasteiger partial charge on any atom is -0.301 e. The molecule has 0 radical (unpaired) electrons. The molecule has 6 nitrogen and oxygen atoms in total. The van der Waals surface area contributed by atoms with Gasteiger partial charge in [0.25, 0.3) is 5.56 Å². The monoisotopic (exact) mass is 464 g/mol. The van der Waals surface area contributed by atoms with Crippen molar-refractivity contribution in [2.24, 2.45) is 7.05 Å². The Morgan fingerprint density at radius 3 is 2.77 bits per heavy atom. The largest absolute Gasteiger partial charge is 0.301 e. The molecule has 11 heteroatoms. The predicted octanol–water partition coefficient (Wildman–Crippen LogP) is 4.52. The van der Waals surface area contributed by atoms with Crippen molar-refractivity contribution in [3.05, 3.63) is 57.0 Å². The maximum Gasteiger partial charge on any atom is 0.271 e. The van der Waals surface area contributed by atoms with Crippen LogP contribution in [0.3, 0.4) is 0 Å². The number of thiazole rings is 1. The minimum atomic E-state index is -0.961. The lowest BCUT2D eigenvalue weighted by Gasteiger charge is -2.12. The Morgan fingerprint density at radius 2 is 2.00 bits per heavy atom. The molecule has 0 saturated carbocycles. The summed E-state index contributed by atoms with van der Waals surface area (Å²) in [6.07, 6.45) is 0. The van der Waals surface area contributed by atoms with E-state index in [0.29, 0.717) is 31.8 Å². The highest BCUT2D eigenvalue weighted by Gasteiger charge is 2.20. The van der Waals surface area contributed by atoms with E-state index in [0.717, 1.165) is 12.1 Å². The minimum absolute atomic E-state index is 0.152. The Kier molecular flexibility index (Phi) is 5.67.